The first-order chi connectivity index (χ1) is 6.83. The molecular weight excluding hydrogens is 176 g/mol. The average Bonchev–Trinajstić information content (AvgIpc) is 2.64. The van der Waals surface area contributed by atoms with Crippen LogP contribution in [0.25, 0.3) is 10.9 Å². The maximum Gasteiger partial charge on any atom is 0.137 e. The lowest BCUT2D eigenvalue weighted by Crippen LogP contribution is -1.92. The molecular formula is C10H16N4. The molecule has 76 valence electrons. The van der Waals surface area contributed by atoms with Gasteiger partial charge in [-0.3, -0.25) is 5.10 Å². The Bertz CT molecular complexity index is 405. The lowest BCUT2D eigenvalue weighted by Gasteiger charge is -1.99. The highest BCUT2D eigenvalue weighted by atomic mass is 15.1. The summed E-state index contributed by atoms with van der Waals surface area (Å²) in [4.78, 5) is 4.19. The molecule has 0 bridgehead atoms. The Morgan fingerprint density at radius 1 is 1.36 bits per heavy atom. The molecule has 0 spiro atoms. The molecule has 2 aromatic heterocycles. The third-order valence-electron chi connectivity index (χ3n) is 1.88. The van der Waals surface area contributed by atoms with Gasteiger partial charge >= 0.3 is 0 Å². The Balaban J connectivity index is 0.000000461. The summed E-state index contributed by atoms with van der Waals surface area (Å²) in [5.41, 5.74) is 1.99. The molecule has 0 aliphatic heterocycles. The third-order valence-corrected chi connectivity index (χ3v) is 1.88. The number of hydrogen-bond acceptors (Lipinski definition) is 3. The minimum absolute atomic E-state index is 0.874. The number of nitrogens with zero attached hydrogens (tertiary/aromatic N) is 2. The van der Waals surface area contributed by atoms with Gasteiger partial charge in [0.05, 0.1) is 10.9 Å². The van der Waals surface area contributed by atoms with Gasteiger partial charge in [0.25, 0.3) is 0 Å². The highest BCUT2D eigenvalue weighted by molar-refractivity contribution is 5.91. The topological polar surface area (TPSA) is 53.6 Å². The summed E-state index contributed by atoms with van der Waals surface area (Å²) in [5.74, 6) is 0.874. The van der Waals surface area contributed by atoms with Gasteiger partial charge in [-0.25, -0.2) is 4.98 Å². The lowest BCUT2D eigenvalue weighted by molar-refractivity contribution is 1.07. The van der Waals surface area contributed by atoms with E-state index in [9.17, 15) is 0 Å². The lowest BCUT2D eigenvalue weighted by atomic mass is 10.2. The summed E-state index contributed by atoms with van der Waals surface area (Å²) in [5, 5.41) is 11.1. The number of rotatable bonds is 1. The molecule has 0 atom stereocenters. The Hall–Kier alpha value is -1.58. The summed E-state index contributed by atoms with van der Waals surface area (Å²) in [6.07, 6.45) is 1.74. The molecule has 0 aliphatic carbocycles. The number of aromatic amines is 1. The van der Waals surface area contributed by atoms with Crippen LogP contribution in [0.2, 0.25) is 0 Å². The van der Waals surface area contributed by atoms with Crippen LogP contribution < -0.4 is 5.32 Å². The average molecular weight is 192 g/mol. The Morgan fingerprint density at radius 2 is 2.07 bits per heavy atom. The van der Waals surface area contributed by atoms with E-state index < -0.39 is 0 Å². The zero-order valence-electron chi connectivity index (χ0n) is 9.05. The van der Waals surface area contributed by atoms with E-state index in [0.29, 0.717) is 0 Å². The largest absolute Gasteiger partial charge is 0.373 e. The highest BCUT2D eigenvalue weighted by Gasteiger charge is 2.05. The van der Waals surface area contributed by atoms with Crippen LogP contribution in [0.3, 0.4) is 0 Å². The number of pyridine rings is 1. The number of aryl methyl sites for hydroxylation is 1. The second-order valence-electron chi connectivity index (χ2n) is 2.65. The molecule has 2 N–H and O–H groups in total. The number of nitrogens with one attached hydrogen (secondary N) is 2. The van der Waals surface area contributed by atoms with Crippen molar-refractivity contribution in [2.75, 3.05) is 12.4 Å². The Labute approximate surface area is 83.7 Å². The van der Waals surface area contributed by atoms with Crippen molar-refractivity contribution in [1.82, 2.24) is 15.2 Å². The summed E-state index contributed by atoms with van der Waals surface area (Å²) >= 11 is 0. The molecule has 0 aromatic carbocycles. The van der Waals surface area contributed by atoms with Crippen molar-refractivity contribution >= 4 is 16.7 Å². The fourth-order valence-corrected chi connectivity index (χ4v) is 1.30. The van der Waals surface area contributed by atoms with Crippen molar-refractivity contribution in [2.24, 2.45) is 0 Å². The molecule has 14 heavy (non-hydrogen) atoms. The van der Waals surface area contributed by atoms with Gasteiger partial charge in [0.15, 0.2) is 0 Å². The molecule has 4 nitrogen and oxygen atoms in total. The first-order valence-electron chi connectivity index (χ1n) is 4.80. The van der Waals surface area contributed by atoms with E-state index in [1.54, 1.807) is 6.20 Å². The van der Waals surface area contributed by atoms with Gasteiger partial charge in [0.2, 0.25) is 0 Å². The monoisotopic (exact) mass is 192 g/mol. The number of H-pyrrole nitrogens is 1. The maximum atomic E-state index is 4.19. The van der Waals surface area contributed by atoms with Crippen LogP contribution in [0.1, 0.15) is 19.5 Å². The van der Waals surface area contributed by atoms with Crippen LogP contribution >= 0.6 is 0 Å². The van der Waals surface area contributed by atoms with Crippen LogP contribution in [0.5, 0.6) is 0 Å². The fraction of sp³-hybridized carbons (Fsp3) is 0.400. The first-order valence-corrected chi connectivity index (χ1v) is 4.80. The van der Waals surface area contributed by atoms with E-state index >= 15 is 0 Å². The van der Waals surface area contributed by atoms with Crippen LogP contribution in [0.4, 0.5) is 5.82 Å². The summed E-state index contributed by atoms with van der Waals surface area (Å²) in [6, 6.07) is 1.89. The minimum Gasteiger partial charge on any atom is -0.373 e. The van der Waals surface area contributed by atoms with Crippen molar-refractivity contribution in [3.05, 3.63) is 18.0 Å². The predicted octanol–water partition coefficient (Wildman–Crippen LogP) is 2.33. The summed E-state index contributed by atoms with van der Waals surface area (Å²) in [6.45, 7) is 5.98. The van der Waals surface area contributed by atoms with Gasteiger partial charge in [-0.1, -0.05) is 13.8 Å². The van der Waals surface area contributed by atoms with Gasteiger partial charge in [-0.2, -0.15) is 5.10 Å². The molecule has 0 amide bonds. The van der Waals surface area contributed by atoms with E-state index in [4.69, 9.17) is 0 Å². The highest BCUT2D eigenvalue weighted by Crippen LogP contribution is 2.21. The van der Waals surface area contributed by atoms with Gasteiger partial charge in [-0.05, 0) is 13.0 Å². The Morgan fingerprint density at radius 3 is 2.71 bits per heavy atom. The van der Waals surface area contributed by atoms with Crippen molar-refractivity contribution in [3.8, 4) is 0 Å². The van der Waals surface area contributed by atoms with Crippen molar-refractivity contribution in [1.29, 1.82) is 0 Å². The fourth-order valence-electron chi connectivity index (χ4n) is 1.30. The Kier molecular flexibility index (Phi) is 3.45. The second-order valence-corrected chi connectivity index (χ2v) is 2.65. The van der Waals surface area contributed by atoms with E-state index in [0.717, 1.165) is 22.4 Å². The van der Waals surface area contributed by atoms with E-state index in [-0.39, 0.29) is 0 Å². The van der Waals surface area contributed by atoms with Crippen LogP contribution in [-0.4, -0.2) is 22.2 Å². The van der Waals surface area contributed by atoms with Gasteiger partial charge in [0, 0.05) is 18.9 Å². The van der Waals surface area contributed by atoms with Crippen molar-refractivity contribution in [3.63, 3.8) is 0 Å². The summed E-state index contributed by atoms with van der Waals surface area (Å²) in [7, 11) is 1.86. The molecule has 0 radical (unpaired) electrons. The number of hydrogen-bond donors (Lipinski definition) is 2. The molecule has 4 heteroatoms. The SMILES string of the molecule is CC.CNc1nccc2n[nH]c(C)c12. The molecule has 0 unspecified atom stereocenters. The maximum absolute atomic E-state index is 4.19. The van der Waals surface area contributed by atoms with Gasteiger partial charge in [-0.15, -0.1) is 0 Å². The van der Waals surface area contributed by atoms with Crippen molar-refractivity contribution < 1.29 is 0 Å². The summed E-state index contributed by atoms with van der Waals surface area (Å²) < 4.78 is 0. The second kappa shape index (κ2) is 4.60. The molecule has 0 aliphatic rings. The van der Waals surface area contributed by atoms with E-state index in [1.807, 2.05) is 33.9 Å². The predicted molar refractivity (Wildman–Crippen MR) is 59.5 cm³/mol. The molecule has 0 saturated heterocycles. The van der Waals surface area contributed by atoms with Crippen molar-refractivity contribution in [2.45, 2.75) is 20.8 Å². The molecule has 2 rings (SSSR count). The quantitative estimate of drug-likeness (QED) is 0.729. The standard InChI is InChI=1S/C8H10N4.C2H6/c1-5-7-6(12-11-5)3-4-10-8(7)9-2;1-2/h3-4H,1-2H3,(H,9,10)(H,11,12);1-2H3. The zero-order chi connectivity index (χ0) is 10.6. The molecule has 2 aromatic rings. The van der Waals surface area contributed by atoms with E-state index in [2.05, 4.69) is 20.5 Å². The number of anilines is 1. The van der Waals surface area contributed by atoms with Crippen LogP contribution in [0, 0.1) is 6.92 Å². The molecule has 0 saturated carbocycles. The smallest absolute Gasteiger partial charge is 0.137 e. The van der Waals surface area contributed by atoms with E-state index in [1.165, 1.54) is 0 Å². The zero-order valence-corrected chi connectivity index (χ0v) is 9.05. The van der Waals surface area contributed by atoms with Crippen LogP contribution in [0.15, 0.2) is 12.3 Å². The third kappa shape index (κ3) is 1.69. The van der Waals surface area contributed by atoms with Crippen LogP contribution in [-0.2, 0) is 0 Å². The minimum atomic E-state index is 0.874. The van der Waals surface area contributed by atoms with Gasteiger partial charge in [0.1, 0.15) is 5.82 Å². The van der Waals surface area contributed by atoms with Gasteiger partial charge < -0.3 is 5.32 Å². The number of fused-ring (bicyclic) bond motifs is 1. The first kappa shape index (κ1) is 10.5. The number of aromatic nitrogens is 3. The molecule has 0 fully saturated rings. The normalized spacial score (nSPS) is 9.43. The molecule has 2 heterocycles.